The van der Waals surface area contributed by atoms with E-state index in [4.69, 9.17) is 4.74 Å². The van der Waals surface area contributed by atoms with E-state index in [9.17, 15) is 4.79 Å². The van der Waals surface area contributed by atoms with Gasteiger partial charge in [0.05, 0.1) is 12.6 Å². The number of nitrogens with zero attached hydrogens (tertiary/aromatic N) is 1. The molecule has 1 heterocycles. The molecule has 1 aliphatic rings. The highest BCUT2D eigenvalue weighted by Gasteiger charge is 2.25. The van der Waals surface area contributed by atoms with E-state index in [-0.39, 0.29) is 11.8 Å². The minimum absolute atomic E-state index is 0.0871. The number of hydrogen-bond donors (Lipinski definition) is 0. The zero-order chi connectivity index (χ0) is 13.7. The van der Waals surface area contributed by atoms with Crippen LogP contribution in [-0.4, -0.2) is 30.4 Å². The van der Waals surface area contributed by atoms with Gasteiger partial charge in [-0.2, -0.15) is 0 Å². The van der Waals surface area contributed by atoms with Crippen LogP contribution in [0.25, 0.3) is 0 Å². The molecule has 1 aromatic carbocycles. The number of likely N-dealkylation sites (tertiary alicyclic amines) is 1. The van der Waals surface area contributed by atoms with Crippen molar-refractivity contribution < 1.29 is 9.53 Å². The second-order valence-corrected chi connectivity index (χ2v) is 5.11. The summed E-state index contributed by atoms with van der Waals surface area (Å²) in [6, 6.07) is 7.87. The molecule has 1 fully saturated rings. The third-order valence-electron chi connectivity index (χ3n) is 3.65. The lowest BCUT2D eigenvalue weighted by molar-refractivity contribution is -0.122. The Morgan fingerprint density at radius 1 is 1.21 bits per heavy atom. The predicted molar refractivity (Wildman–Crippen MR) is 76.5 cm³/mol. The lowest BCUT2D eigenvalue weighted by Gasteiger charge is -2.33. The number of rotatable bonds is 5. The number of carbonyl (C=O) groups excluding carboxylic acids is 1. The Kier molecular flexibility index (Phi) is 4.97. The summed E-state index contributed by atoms with van der Waals surface area (Å²) in [5.41, 5.74) is 1.08. The standard InChI is InChI=1S/C16H23NO2/c1-3-19-15-9-7-14(8-10-15)16(13(2)18)17-11-5-4-6-12-17/h7-10,16H,3-6,11-12H2,1-2H3. The van der Waals surface area contributed by atoms with Gasteiger partial charge in [0.25, 0.3) is 0 Å². The minimum atomic E-state index is -0.0871. The lowest BCUT2D eigenvalue weighted by atomic mass is 9.99. The smallest absolute Gasteiger partial charge is 0.151 e. The number of ketones is 1. The first-order valence-corrected chi connectivity index (χ1v) is 7.19. The minimum Gasteiger partial charge on any atom is -0.494 e. The van der Waals surface area contributed by atoms with E-state index in [2.05, 4.69) is 4.90 Å². The molecule has 3 nitrogen and oxygen atoms in total. The van der Waals surface area contributed by atoms with E-state index in [1.54, 1.807) is 6.92 Å². The summed E-state index contributed by atoms with van der Waals surface area (Å²) >= 11 is 0. The Bertz CT molecular complexity index is 407. The first-order valence-electron chi connectivity index (χ1n) is 7.19. The van der Waals surface area contributed by atoms with Crippen molar-refractivity contribution in [1.82, 2.24) is 4.90 Å². The van der Waals surface area contributed by atoms with Gasteiger partial charge in [-0.05, 0) is 57.5 Å². The summed E-state index contributed by atoms with van der Waals surface area (Å²) in [6.07, 6.45) is 3.67. The van der Waals surface area contributed by atoms with Crippen LogP contribution in [-0.2, 0) is 4.79 Å². The summed E-state index contributed by atoms with van der Waals surface area (Å²) in [6.45, 7) is 6.38. The van der Waals surface area contributed by atoms with Crippen LogP contribution >= 0.6 is 0 Å². The molecule has 1 atom stereocenters. The Morgan fingerprint density at radius 3 is 2.37 bits per heavy atom. The molecule has 19 heavy (non-hydrogen) atoms. The maximum absolute atomic E-state index is 12.0. The van der Waals surface area contributed by atoms with Gasteiger partial charge in [0.15, 0.2) is 5.78 Å². The monoisotopic (exact) mass is 261 g/mol. The molecular formula is C16H23NO2. The summed E-state index contributed by atoms with van der Waals surface area (Å²) < 4.78 is 5.45. The molecular weight excluding hydrogens is 238 g/mol. The van der Waals surface area contributed by atoms with E-state index in [1.807, 2.05) is 31.2 Å². The molecule has 0 saturated carbocycles. The van der Waals surface area contributed by atoms with E-state index in [1.165, 1.54) is 19.3 Å². The molecule has 1 aromatic rings. The van der Waals surface area contributed by atoms with Gasteiger partial charge in [0.1, 0.15) is 5.75 Å². The lowest BCUT2D eigenvalue weighted by Crippen LogP contribution is -2.37. The van der Waals surface area contributed by atoms with Gasteiger partial charge in [-0.1, -0.05) is 18.6 Å². The van der Waals surface area contributed by atoms with Gasteiger partial charge in [-0.3, -0.25) is 9.69 Å². The molecule has 1 saturated heterocycles. The molecule has 0 N–H and O–H groups in total. The largest absolute Gasteiger partial charge is 0.494 e. The van der Waals surface area contributed by atoms with Gasteiger partial charge in [0, 0.05) is 0 Å². The predicted octanol–water partition coefficient (Wildman–Crippen LogP) is 3.20. The fraction of sp³-hybridized carbons (Fsp3) is 0.562. The Balaban J connectivity index is 2.15. The number of benzene rings is 1. The number of ether oxygens (including phenoxy) is 1. The molecule has 2 rings (SSSR count). The zero-order valence-electron chi connectivity index (χ0n) is 11.9. The molecule has 0 radical (unpaired) electrons. The van der Waals surface area contributed by atoms with E-state index >= 15 is 0 Å². The highest BCUT2D eigenvalue weighted by atomic mass is 16.5. The van der Waals surface area contributed by atoms with Crippen LogP contribution in [0.2, 0.25) is 0 Å². The number of Topliss-reactive ketones (excluding diaryl/α,β-unsaturated/α-hetero) is 1. The van der Waals surface area contributed by atoms with Crippen molar-refractivity contribution in [3.63, 3.8) is 0 Å². The zero-order valence-corrected chi connectivity index (χ0v) is 11.9. The van der Waals surface area contributed by atoms with Crippen LogP contribution in [0, 0.1) is 0 Å². The number of piperidine rings is 1. The molecule has 104 valence electrons. The molecule has 1 aliphatic heterocycles. The van der Waals surface area contributed by atoms with Crippen molar-refractivity contribution in [3.8, 4) is 5.75 Å². The third kappa shape index (κ3) is 3.57. The maximum Gasteiger partial charge on any atom is 0.151 e. The summed E-state index contributed by atoms with van der Waals surface area (Å²) in [4.78, 5) is 14.3. The van der Waals surface area contributed by atoms with Crippen molar-refractivity contribution in [1.29, 1.82) is 0 Å². The van der Waals surface area contributed by atoms with Gasteiger partial charge in [-0.15, -0.1) is 0 Å². The van der Waals surface area contributed by atoms with Crippen LogP contribution in [0.5, 0.6) is 5.75 Å². The van der Waals surface area contributed by atoms with Gasteiger partial charge in [-0.25, -0.2) is 0 Å². The molecule has 1 unspecified atom stereocenters. The van der Waals surface area contributed by atoms with Crippen molar-refractivity contribution in [3.05, 3.63) is 29.8 Å². The van der Waals surface area contributed by atoms with E-state index < -0.39 is 0 Å². The van der Waals surface area contributed by atoms with Crippen LogP contribution in [0.3, 0.4) is 0 Å². The number of hydrogen-bond acceptors (Lipinski definition) is 3. The highest BCUT2D eigenvalue weighted by Crippen LogP contribution is 2.27. The second kappa shape index (κ2) is 6.71. The molecule has 0 aliphatic carbocycles. The van der Waals surface area contributed by atoms with Crippen LogP contribution < -0.4 is 4.74 Å². The fourth-order valence-electron chi connectivity index (χ4n) is 2.79. The van der Waals surface area contributed by atoms with Crippen LogP contribution in [0.1, 0.15) is 44.7 Å². The second-order valence-electron chi connectivity index (χ2n) is 5.11. The van der Waals surface area contributed by atoms with E-state index in [0.717, 1.165) is 24.4 Å². The SMILES string of the molecule is CCOc1ccc(C(C(C)=O)N2CCCCC2)cc1. The average Bonchev–Trinajstić information content (AvgIpc) is 2.42. The maximum atomic E-state index is 12.0. The molecule has 0 amide bonds. The quantitative estimate of drug-likeness (QED) is 0.815. The molecule has 0 spiro atoms. The topological polar surface area (TPSA) is 29.5 Å². The third-order valence-corrected chi connectivity index (χ3v) is 3.65. The summed E-state index contributed by atoms with van der Waals surface area (Å²) in [5.74, 6) is 1.10. The molecule has 3 heteroatoms. The van der Waals surface area contributed by atoms with Crippen molar-refractivity contribution in [2.75, 3.05) is 19.7 Å². The van der Waals surface area contributed by atoms with Gasteiger partial charge >= 0.3 is 0 Å². The molecule has 0 bridgehead atoms. The van der Waals surface area contributed by atoms with Crippen molar-refractivity contribution >= 4 is 5.78 Å². The Morgan fingerprint density at radius 2 is 1.84 bits per heavy atom. The highest BCUT2D eigenvalue weighted by molar-refractivity contribution is 5.83. The summed E-state index contributed by atoms with van der Waals surface area (Å²) in [5, 5.41) is 0. The number of carbonyl (C=O) groups is 1. The van der Waals surface area contributed by atoms with Crippen LogP contribution in [0.15, 0.2) is 24.3 Å². The van der Waals surface area contributed by atoms with Crippen LogP contribution in [0.4, 0.5) is 0 Å². The van der Waals surface area contributed by atoms with Crippen molar-refractivity contribution in [2.24, 2.45) is 0 Å². The fourth-order valence-corrected chi connectivity index (χ4v) is 2.79. The van der Waals surface area contributed by atoms with Gasteiger partial charge in [0.2, 0.25) is 0 Å². The first kappa shape index (κ1) is 14.1. The molecule has 0 aromatic heterocycles. The van der Waals surface area contributed by atoms with E-state index in [0.29, 0.717) is 6.61 Å². The van der Waals surface area contributed by atoms with Crippen molar-refractivity contribution in [2.45, 2.75) is 39.2 Å². The van der Waals surface area contributed by atoms with Gasteiger partial charge < -0.3 is 4.74 Å². The normalized spacial score (nSPS) is 18.0. The Labute approximate surface area is 115 Å². The summed E-state index contributed by atoms with van der Waals surface area (Å²) in [7, 11) is 0. The first-order chi connectivity index (χ1) is 9.22. The Hall–Kier alpha value is -1.35. The average molecular weight is 261 g/mol.